The van der Waals surface area contributed by atoms with Gasteiger partial charge >= 0.3 is 0 Å². The molecule has 2 N–H and O–H groups in total. The first kappa shape index (κ1) is 9.87. The van der Waals surface area contributed by atoms with E-state index in [4.69, 9.17) is 5.73 Å². The smallest absolute Gasteiger partial charge is 0.0705 e. The van der Waals surface area contributed by atoms with Crippen LogP contribution in [-0.2, 0) is 0 Å². The molecule has 0 bridgehead atoms. The molecule has 0 aliphatic rings. The van der Waals surface area contributed by atoms with Gasteiger partial charge in [-0.15, -0.1) is 6.58 Å². The molecule has 1 aromatic carbocycles. The Morgan fingerprint density at radius 1 is 1.33 bits per heavy atom. The Morgan fingerprint density at radius 3 is 2.93 bits per heavy atom. The molecule has 76 valence electrons. The van der Waals surface area contributed by atoms with E-state index < -0.39 is 0 Å². The van der Waals surface area contributed by atoms with Gasteiger partial charge in [-0.3, -0.25) is 4.98 Å². The SMILES string of the molecule is C=CC[C@H](N)c1ccnc2ccccc12. The number of hydrogen-bond donors (Lipinski definition) is 1. The summed E-state index contributed by atoms with van der Waals surface area (Å²) in [5.74, 6) is 0. The molecule has 0 amide bonds. The summed E-state index contributed by atoms with van der Waals surface area (Å²) < 4.78 is 0. The summed E-state index contributed by atoms with van der Waals surface area (Å²) in [6.45, 7) is 3.71. The average Bonchev–Trinajstić information content (AvgIpc) is 2.28. The molecular formula is C13H14N2. The molecule has 0 fully saturated rings. The molecule has 2 nitrogen and oxygen atoms in total. The molecule has 0 spiro atoms. The zero-order chi connectivity index (χ0) is 10.7. The van der Waals surface area contributed by atoms with E-state index >= 15 is 0 Å². The van der Waals surface area contributed by atoms with E-state index in [9.17, 15) is 0 Å². The van der Waals surface area contributed by atoms with Crippen LogP contribution in [0, 0.1) is 0 Å². The second kappa shape index (κ2) is 4.24. The Morgan fingerprint density at radius 2 is 2.13 bits per heavy atom. The molecule has 1 aromatic heterocycles. The van der Waals surface area contributed by atoms with Crippen molar-refractivity contribution >= 4 is 10.9 Å². The van der Waals surface area contributed by atoms with Crippen LogP contribution < -0.4 is 5.73 Å². The third kappa shape index (κ3) is 1.90. The maximum absolute atomic E-state index is 6.07. The average molecular weight is 198 g/mol. The molecule has 1 atom stereocenters. The van der Waals surface area contributed by atoms with Crippen molar-refractivity contribution in [2.45, 2.75) is 12.5 Å². The van der Waals surface area contributed by atoms with Crippen LogP contribution >= 0.6 is 0 Å². The zero-order valence-electron chi connectivity index (χ0n) is 8.56. The molecule has 2 rings (SSSR count). The van der Waals surface area contributed by atoms with Gasteiger partial charge in [0.05, 0.1) is 5.52 Å². The molecule has 1 heterocycles. The fraction of sp³-hybridized carbons (Fsp3) is 0.154. The maximum atomic E-state index is 6.07. The predicted octanol–water partition coefficient (Wildman–Crippen LogP) is 2.81. The second-order valence-corrected chi connectivity index (χ2v) is 3.55. The lowest BCUT2D eigenvalue weighted by molar-refractivity contribution is 0.747. The summed E-state index contributed by atoms with van der Waals surface area (Å²) in [5, 5.41) is 1.13. The fourth-order valence-corrected chi connectivity index (χ4v) is 1.75. The highest BCUT2D eigenvalue weighted by Gasteiger charge is 2.07. The number of hydrogen-bond acceptors (Lipinski definition) is 2. The normalized spacial score (nSPS) is 12.6. The van der Waals surface area contributed by atoms with E-state index in [1.54, 1.807) is 6.20 Å². The van der Waals surface area contributed by atoms with Crippen LogP contribution in [0.1, 0.15) is 18.0 Å². The van der Waals surface area contributed by atoms with Gasteiger partial charge in [-0.25, -0.2) is 0 Å². The number of para-hydroxylation sites is 1. The van der Waals surface area contributed by atoms with Crippen LogP contribution in [0.4, 0.5) is 0 Å². The first-order valence-corrected chi connectivity index (χ1v) is 5.03. The van der Waals surface area contributed by atoms with E-state index in [0.29, 0.717) is 0 Å². The maximum Gasteiger partial charge on any atom is 0.0705 e. The summed E-state index contributed by atoms with van der Waals surface area (Å²) in [6.07, 6.45) is 4.44. The minimum Gasteiger partial charge on any atom is -0.324 e. The Kier molecular flexibility index (Phi) is 2.79. The molecule has 0 aliphatic carbocycles. The van der Waals surface area contributed by atoms with Crippen LogP contribution in [0.2, 0.25) is 0 Å². The summed E-state index contributed by atoms with van der Waals surface area (Å²) in [5.41, 5.74) is 8.21. The van der Waals surface area contributed by atoms with Gasteiger partial charge in [0.2, 0.25) is 0 Å². The zero-order valence-corrected chi connectivity index (χ0v) is 8.56. The number of fused-ring (bicyclic) bond motifs is 1. The van der Waals surface area contributed by atoms with Gasteiger partial charge in [-0.2, -0.15) is 0 Å². The van der Waals surface area contributed by atoms with E-state index in [-0.39, 0.29) is 6.04 Å². The summed E-state index contributed by atoms with van der Waals surface area (Å²) in [4.78, 5) is 4.30. The molecule has 0 saturated heterocycles. The molecule has 0 unspecified atom stereocenters. The molecular weight excluding hydrogens is 184 g/mol. The quantitative estimate of drug-likeness (QED) is 0.770. The highest BCUT2D eigenvalue weighted by molar-refractivity contribution is 5.82. The number of rotatable bonds is 3. The fourth-order valence-electron chi connectivity index (χ4n) is 1.75. The van der Waals surface area contributed by atoms with Crippen molar-refractivity contribution in [3.8, 4) is 0 Å². The van der Waals surface area contributed by atoms with E-state index in [1.807, 2.05) is 30.3 Å². The van der Waals surface area contributed by atoms with Gasteiger partial charge < -0.3 is 5.73 Å². The van der Waals surface area contributed by atoms with E-state index in [2.05, 4.69) is 17.6 Å². The minimum atomic E-state index is 0.00963. The summed E-state index contributed by atoms with van der Waals surface area (Å²) in [7, 11) is 0. The van der Waals surface area contributed by atoms with Gasteiger partial charge in [-0.05, 0) is 24.1 Å². The van der Waals surface area contributed by atoms with Crippen molar-refractivity contribution in [2.75, 3.05) is 0 Å². The topological polar surface area (TPSA) is 38.9 Å². The van der Waals surface area contributed by atoms with Crippen LogP contribution in [0.25, 0.3) is 10.9 Å². The Balaban J connectivity index is 2.55. The van der Waals surface area contributed by atoms with Crippen molar-refractivity contribution in [1.82, 2.24) is 4.98 Å². The number of benzene rings is 1. The lowest BCUT2D eigenvalue weighted by Gasteiger charge is -2.11. The molecule has 2 aromatic rings. The van der Waals surface area contributed by atoms with Crippen molar-refractivity contribution in [3.63, 3.8) is 0 Å². The molecule has 2 heteroatoms. The van der Waals surface area contributed by atoms with Gasteiger partial charge in [0.25, 0.3) is 0 Å². The Labute approximate surface area is 89.4 Å². The van der Waals surface area contributed by atoms with Crippen LogP contribution in [0.15, 0.2) is 49.2 Å². The van der Waals surface area contributed by atoms with Crippen molar-refractivity contribution in [2.24, 2.45) is 5.73 Å². The molecule has 0 saturated carbocycles. The monoisotopic (exact) mass is 198 g/mol. The summed E-state index contributed by atoms with van der Waals surface area (Å²) >= 11 is 0. The lowest BCUT2D eigenvalue weighted by Crippen LogP contribution is -2.09. The molecule has 0 aliphatic heterocycles. The largest absolute Gasteiger partial charge is 0.324 e. The highest BCUT2D eigenvalue weighted by Crippen LogP contribution is 2.23. The van der Waals surface area contributed by atoms with Gasteiger partial charge in [0, 0.05) is 17.6 Å². The third-order valence-corrected chi connectivity index (χ3v) is 2.50. The van der Waals surface area contributed by atoms with Crippen molar-refractivity contribution in [1.29, 1.82) is 0 Å². The van der Waals surface area contributed by atoms with Crippen LogP contribution in [0.3, 0.4) is 0 Å². The van der Waals surface area contributed by atoms with Crippen LogP contribution in [-0.4, -0.2) is 4.98 Å². The standard InChI is InChI=1S/C13H14N2/c1-2-5-12(14)10-8-9-15-13-7-4-3-6-11(10)13/h2-4,6-9,12H,1,5,14H2/t12-/m0/s1. The molecule has 0 radical (unpaired) electrons. The van der Waals surface area contributed by atoms with Crippen LogP contribution in [0.5, 0.6) is 0 Å². The number of pyridine rings is 1. The van der Waals surface area contributed by atoms with Gasteiger partial charge in [0.1, 0.15) is 0 Å². The van der Waals surface area contributed by atoms with Gasteiger partial charge in [0.15, 0.2) is 0 Å². The van der Waals surface area contributed by atoms with Gasteiger partial charge in [-0.1, -0.05) is 24.3 Å². The van der Waals surface area contributed by atoms with Crippen molar-refractivity contribution < 1.29 is 0 Å². The third-order valence-electron chi connectivity index (χ3n) is 2.50. The first-order chi connectivity index (χ1) is 7.33. The highest BCUT2D eigenvalue weighted by atomic mass is 14.7. The second-order valence-electron chi connectivity index (χ2n) is 3.55. The Bertz CT molecular complexity index is 471. The van der Waals surface area contributed by atoms with E-state index in [0.717, 1.165) is 22.9 Å². The number of nitrogens with two attached hydrogens (primary N) is 1. The summed E-state index contributed by atoms with van der Waals surface area (Å²) in [6, 6.07) is 10.0. The Hall–Kier alpha value is -1.67. The van der Waals surface area contributed by atoms with E-state index in [1.165, 1.54) is 0 Å². The first-order valence-electron chi connectivity index (χ1n) is 5.03. The predicted molar refractivity (Wildman–Crippen MR) is 63.5 cm³/mol. The van der Waals surface area contributed by atoms with Crippen molar-refractivity contribution in [3.05, 3.63) is 54.7 Å². The molecule has 15 heavy (non-hydrogen) atoms. The number of aromatic nitrogens is 1. The minimum absolute atomic E-state index is 0.00963. The lowest BCUT2D eigenvalue weighted by atomic mass is 10.0. The number of nitrogens with zero attached hydrogens (tertiary/aromatic N) is 1.